The van der Waals surface area contributed by atoms with Crippen molar-refractivity contribution in [2.45, 2.75) is 18.9 Å². The van der Waals surface area contributed by atoms with Gasteiger partial charge < -0.3 is 14.4 Å². The molecule has 2 aliphatic heterocycles. The van der Waals surface area contributed by atoms with E-state index >= 15 is 0 Å². The highest BCUT2D eigenvalue weighted by Gasteiger charge is 2.31. The van der Waals surface area contributed by atoms with Crippen molar-refractivity contribution < 1.29 is 9.47 Å². The van der Waals surface area contributed by atoms with Gasteiger partial charge in [-0.3, -0.25) is 4.90 Å². The van der Waals surface area contributed by atoms with Gasteiger partial charge >= 0.3 is 0 Å². The Labute approximate surface area is 150 Å². The summed E-state index contributed by atoms with van der Waals surface area (Å²) < 4.78 is 11.3. The van der Waals surface area contributed by atoms with Crippen molar-refractivity contribution in [2.75, 3.05) is 40.5 Å². The van der Waals surface area contributed by atoms with E-state index in [4.69, 9.17) is 9.47 Å². The lowest BCUT2D eigenvalue weighted by Gasteiger charge is -2.37. The van der Waals surface area contributed by atoms with E-state index in [0.717, 1.165) is 44.0 Å². The maximum atomic E-state index is 5.74. The van der Waals surface area contributed by atoms with E-state index in [-0.39, 0.29) is 0 Å². The summed E-state index contributed by atoms with van der Waals surface area (Å²) in [5.74, 6) is 1.88. The van der Waals surface area contributed by atoms with E-state index in [9.17, 15) is 0 Å². The number of rotatable bonds is 5. The quantitative estimate of drug-likeness (QED) is 0.836. The minimum atomic E-state index is 0.350. The van der Waals surface area contributed by atoms with Crippen molar-refractivity contribution in [3.05, 3.63) is 59.2 Å². The van der Waals surface area contributed by atoms with Crippen LogP contribution in [-0.4, -0.2) is 50.3 Å². The number of fused-ring (bicyclic) bond motifs is 3. The molecule has 4 heteroatoms. The van der Waals surface area contributed by atoms with E-state index in [1.807, 2.05) is 0 Å². The first kappa shape index (κ1) is 16.4. The van der Waals surface area contributed by atoms with Gasteiger partial charge in [-0.1, -0.05) is 36.4 Å². The van der Waals surface area contributed by atoms with Gasteiger partial charge in [-0.15, -0.1) is 0 Å². The zero-order chi connectivity index (χ0) is 17.2. The maximum Gasteiger partial charge on any atom is 0.231 e. The second-order valence-corrected chi connectivity index (χ2v) is 7.11. The lowest BCUT2D eigenvalue weighted by atomic mass is 9.91. The summed E-state index contributed by atoms with van der Waals surface area (Å²) in [6.07, 6.45) is 2.12. The number of likely N-dealkylation sites (N-methyl/N-ethyl adjacent to an activating group) is 2. The van der Waals surface area contributed by atoms with E-state index < -0.39 is 0 Å². The van der Waals surface area contributed by atoms with Gasteiger partial charge in [-0.25, -0.2) is 0 Å². The summed E-state index contributed by atoms with van der Waals surface area (Å²) in [5, 5.41) is 0. The number of ether oxygens (including phenoxy) is 2. The third-order valence-corrected chi connectivity index (χ3v) is 5.39. The molecule has 0 radical (unpaired) electrons. The largest absolute Gasteiger partial charge is 0.454 e. The van der Waals surface area contributed by atoms with Gasteiger partial charge in [0.25, 0.3) is 0 Å². The highest BCUT2D eigenvalue weighted by atomic mass is 16.7. The molecule has 4 rings (SSSR count). The molecule has 0 bridgehead atoms. The van der Waals surface area contributed by atoms with Crippen LogP contribution in [0.15, 0.2) is 42.5 Å². The zero-order valence-corrected chi connectivity index (χ0v) is 15.1. The second-order valence-electron chi connectivity index (χ2n) is 7.11. The summed E-state index contributed by atoms with van der Waals surface area (Å²) >= 11 is 0. The molecular formula is C21H26N2O2. The van der Waals surface area contributed by atoms with Gasteiger partial charge in [0.05, 0.1) is 0 Å². The Hall–Kier alpha value is -2.04. The van der Waals surface area contributed by atoms with Crippen LogP contribution in [0.3, 0.4) is 0 Å². The molecule has 0 spiro atoms. The molecule has 4 nitrogen and oxygen atoms in total. The van der Waals surface area contributed by atoms with Gasteiger partial charge in [0.2, 0.25) is 6.79 Å². The predicted molar refractivity (Wildman–Crippen MR) is 99.3 cm³/mol. The Morgan fingerprint density at radius 3 is 2.80 bits per heavy atom. The first-order valence-electron chi connectivity index (χ1n) is 9.06. The van der Waals surface area contributed by atoms with Crippen molar-refractivity contribution in [2.24, 2.45) is 0 Å². The van der Waals surface area contributed by atoms with Crippen LogP contribution >= 0.6 is 0 Å². The van der Waals surface area contributed by atoms with Gasteiger partial charge in [-0.2, -0.15) is 0 Å². The molecular weight excluding hydrogens is 312 g/mol. The average Bonchev–Trinajstić information content (AvgIpc) is 3.12. The summed E-state index contributed by atoms with van der Waals surface area (Å²) in [5.41, 5.74) is 4.13. The predicted octanol–water partition coefficient (Wildman–Crippen LogP) is 3.12. The monoisotopic (exact) mass is 338 g/mol. The molecule has 2 heterocycles. The lowest BCUT2D eigenvalue weighted by Crippen LogP contribution is -2.39. The molecule has 25 heavy (non-hydrogen) atoms. The summed E-state index contributed by atoms with van der Waals surface area (Å²) in [6, 6.07) is 15.4. The van der Waals surface area contributed by atoms with Crippen LogP contribution in [0.5, 0.6) is 11.5 Å². The summed E-state index contributed by atoms with van der Waals surface area (Å²) in [7, 11) is 4.45. The molecule has 0 aromatic heterocycles. The van der Waals surface area contributed by atoms with Crippen LogP contribution in [0.25, 0.3) is 0 Å². The van der Waals surface area contributed by atoms with Crippen LogP contribution < -0.4 is 9.47 Å². The standard InChI is InChI=1S/C21H26N2O2/c1-22(12-10-16-6-4-3-5-7-16)14-19-17-8-9-20-21(25-15-24-20)18(17)11-13-23(19)2/h3-9,19H,10-15H2,1-2H3/t19-/m1/s1. The molecule has 0 amide bonds. The Kier molecular flexibility index (Phi) is 4.64. The normalized spacial score (nSPS) is 19.2. The van der Waals surface area contributed by atoms with Crippen molar-refractivity contribution in [3.8, 4) is 11.5 Å². The number of hydrogen-bond donors (Lipinski definition) is 0. The Morgan fingerprint density at radius 1 is 1.12 bits per heavy atom. The SMILES string of the molecule is CN(CCc1ccccc1)C[C@@H]1c2ccc3c(c2CCN1C)OCO3. The Morgan fingerprint density at radius 2 is 1.96 bits per heavy atom. The molecule has 0 saturated heterocycles. The van der Waals surface area contributed by atoms with Crippen molar-refractivity contribution in [3.63, 3.8) is 0 Å². The Bertz CT molecular complexity index is 732. The summed E-state index contributed by atoms with van der Waals surface area (Å²) in [4.78, 5) is 4.90. The Balaban J connectivity index is 1.47. The number of nitrogens with zero attached hydrogens (tertiary/aromatic N) is 2. The van der Waals surface area contributed by atoms with E-state index in [1.165, 1.54) is 16.7 Å². The highest BCUT2D eigenvalue weighted by molar-refractivity contribution is 5.54. The minimum absolute atomic E-state index is 0.350. The molecule has 0 fully saturated rings. The van der Waals surface area contributed by atoms with E-state index in [0.29, 0.717) is 12.8 Å². The fourth-order valence-corrected chi connectivity index (χ4v) is 3.89. The topological polar surface area (TPSA) is 24.9 Å². The van der Waals surface area contributed by atoms with Crippen molar-refractivity contribution in [1.82, 2.24) is 9.80 Å². The van der Waals surface area contributed by atoms with Gasteiger partial charge in [0, 0.05) is 31.2 Å². The average molecular weight is 338 g/mol. The van der Waals surface area contributed by atoms with Gasteiger partial charge in [0.15, 0.2) is 11.5 Å². The zero-order valence-electron chi connectivity index (χ0n) is 15.1. The molecule has 0 saturated carbocycles. The summed E-state index contributed by atoms with van der Waals surface area (Å²) in [6.45, 7) is 3.50. The van der Waals surface area contributed by atoms with Gasteiger partial charge in [-0.05, 0) is 44.1 Å². The fourth-order valence-electron chi connectivity index (χ4n) is 3.89. The van der Waals surface area contributed by atoms with Crippen LogP contribution in [-0.2, 0) is 12.8 Å². The maximum absolute atomic E-state index is 5.74. The molecule has 1 atom stereocenters. The molecule has 2 aromatic carbocycles. The molecule has 2 aliphatic rings. The van der Waals surface area contributed by atoms with Crippen LogP contribution in [0.2, 0.25) is 0 Å². The van der Waals surface area contributed by atoms with Crippen LogP contribution in [0.1, 0.15) is 22.7 Å². The first-order chi connectivity index (χ1) is 12.2. The van der Waals surface area contributed by atoms with E-state index in [2.05, 4.69) is 66.4 Å². The molecule has 0 aliphatic carbocycles. The molecule has 0 unspecified atom stereocenters. The van der Waals surface area contributed by atoms with Gasteiger partial charge in [0.1, 0.15) is 0 Å². The second kappa shape index (κ2) is 7.06. The minimum Gasteiger partial charge on any atom is -0.454 e. The molecule has 132 valence electrons. The molecule has 0 N–H and O–H groups in total. The lowest BCUT2D eigenvalue weighted by molar-refractivity contribution is 0.164. The third-order valence-electron chi connectivity index (χ3n) is 5.39. The van der Waals surface area contributed by atoms with Crippen molar-refractivity contribution in [1.29, 1.82) is 0 Å². The smallest absolute Gasteiger partial charge is 0.231 e. The first-order valence-corrected chi connectivity index (χ1v) is 9.06. The molecule has 2 aromatic rings. The van der Waals surface area contributed by atoms with Crippen LogP contribution in [0, 0.1) is 0 Å². The van der Waals surface area contributed by atoms with E-state index in [1.54, 1.807) is 0 Å². The third kappa shape index (κ3) is 3.37. The fraction of sp³-hybridized carbons (Fsp3) is 0.429. The van der Waals surface area contributed by atoms with Crippen LogP contribution in [0.4, 0.5) is 0 Å². The van der Waals surface area contributed by atoms with Crippen molar-refractivity contribution >= 4 is 0 Å². The number of hydrogen-bond acceptors (Lipinski definition) is 4. The number of benzene rings is 2. The highest BCUT2D eigenvalue weighted by Crippen LogP contribution is 2.42.